The van der Waals surface area contributed by atoms with Crippen LogP contribution in [0.15, 0.2) is 22.7 Å². The second-order valence-corrected chi connectivity index (χ2v) is 4.93. The number of rotatable bonds is 5. The fraction of sp³-hybridized carbons (Fsp3) is 0.500. The summed E-state index contributed by atoms with van der Waals surface area (Å²) in [7, 11) is 1.56. The zero-order valence-electron chi connectivity index (χ0n) is 9.68. The average molecular weight is 281 g/mol. The van der Waals surface area contributed by atoms with E-state index in [4.69, 9.17) is 10.9 Å². The van der Waals surface area contributed by atoms with Crippen molar-refractivity contribution in [1.29, 1.82) is 0 Å². The molecule has 0 fully saturated rings. The molecule has 1 rings (SSSR count). The van der Waals surface area contributed by atoms with Crippen LogP contribution in [-0.4, -0.2) is 35.7 Å². The summed E-state index contributed by atoms with van der Waals surface area (Å²) in [6.45, 7) is 0.0419. The molecule has 4 nitrogen and oxygen atoms in total. The van der Waals surface area contributed by atoms with Gasteiger partial charge in [-0.05, 0) is 18.5 Å². The Morgan fingerprint density at radius 3 is 2.72 bits per heavy atom. The van der Waals surface area contributed by atoms with Crippen molar-refractivity contribution in [2.24, 2.45) is 16.8 Å². The molecule has 18 heavy (non-hydrogen) atoms. The Hall–Kier alpha value is -1.28. The molecule has 0 aliphatic rings. The van der Waals surface area contributed by atoms with Gasteiger partial charge < -0.3 is 15.8 Å². The third-order valence-electron chi connectivity index (χ3n) is 2.37. The van der Waals surface area contributed by atoms with E-state index in [-0.39, 0.29) is 6.54 Å². The highest BCUT2D eigenvalue weighted by Gasteiger charge is 2.43. The highest BCUT2D eigenvalue weighted by Crippen LogP contribution is 2.27. The van der Waals surface area contributed by atoms with Crippen molar-refractivity contribution >= 4 is 17.2 Å². The van der Waals surface area contributed by atoms with Gasteiger partial charge in [0.1, 0.15) is 5.92 Å². The van der Waals surface area contributed by atoms with E-state index in [2.05, 4.69) is 5.16 Å². The number of oxime groups is 1. The van der Waals surface area contributed by atoms with Crippen LogP contribution >= 0.6 is 11.3 Å². The van der Waals surface area contributed by atoms with Gasteiger partial charge in [0.2, 0.25) is 0 Å². The Morgan fingerprint density at radius 1 is 1.61 bits per heavy atom. The lowest BCUT2D eigenvalue weighted by Crippen LogP contribution is -2.43. The van der Waals surface area contributed by atoms with Crippen molar-refractivity contribution in [3.05, 3.63) is 22.4 Å². The zero-order valence-corrected chi connectivity index (χ0v) is 10.5. The number of nitrogens with two attached hydrogens (primary N) is 1. The van der Waals surface area contributed by atoms with Gasteiger partial charge in [0.15, 0.2) is 5.84 Å². The minimum atomic E-state index is -4.53. The molecule has 0 radical (unpaired) electrons. The molecule has 1 heterocycles. The lowest BCUT2D eigenvalue weighted by atomic mass is 10.1. The first-order chi connectivity index (χ1) is 8.34. The van der Waals surface area contributed by atoms with E-state index in [1.165, 1.54) is 16.2 Å². The first-order valence-corrected chi connectivity index (χ1v) is 5.97. The quantitative estimate of drug-likeness (QED) is 0.376. The molecule has 8 heteroatoms. The zero-order chi connectivity index (χ0) is 13.8. The summed E-state index contributed by atoms with van der Waals surface area (Å²) in [6, 6.07) is 3.67. The SMILES string of the molecule is CN(Cc1cccs1)CC(/C(N)=N/O)C(F)(F)F. The third kappa shape index (κ3) is 4.19. The monoisotopic (exact) mass is 281 g/mol. The molecule has 0 aliphatic carbocycles. The molecule has 102 valence electrons. The number of hydrogen-bond donors (Lipinski definition) is 2. The predicted octanol–water partition coefficient (Wildman–Crippen LogP) is 2.10. The van der Waals surface area contributed by atoms with Crippen LogP contribution in [-0.2, 0) is 6.54 Å². The van der Waals surface area contributed by atoms with E-state index in [0.717, 1.165) is 4.88 Å². The van der Waals surface area contributed by atoms with Gasteiger partial charge in [0, 0.05) is 18.0 Å². The van der Waals surface area contributed by atoms with Crippen LogP contribution < -0.4 is 5.73 Å². The molecule has 0 aliphatic heterocycles. The molecule has 1 aromatic rings. The van der Waals surface area contributed by atoms with E-state index in [0.29, 0.717) is 6.54 Å². The van der Waals surface area contributed by atoms with Crippen molar-refractivity contribution < 1.29 is 18.4 Å². The Kier molecular flexibility index (Phi) is 4.97. The Bertz CT molecular complexity index is 392. The normalized spacial score (nSPS) is 15.1. The fourth-order valence-corrected chi connectivity index (χ4v) is 2.26. The average Bonchev–Trinajstić information content (AvgIpc) is 2.76. The molecular formula is C10H14F3N3OS. The topological polar surface area (TPSA) is 61.8 Å². The van der Waals surface area contributed by atoms with Gasteiger partial charge in [-0.2, -0.15) is 13.2 Å². The van der Waals surface area contributed by atoms with Crippen LogP contribution in [0.4, 0.5) is 13.2 Å². The van der Waals surface area contributed by atoms with Gasteiger partial charge in [-0.25, -0.2) is 0 Å². The summed E-state index contributed by atoms with van der Waals surface area (Å²) in [4.78, 5) is 2.44. The van der Waals surface area contributed by atoms with Gasteiger partial charge in [0.05, 0.1) is 0 Å². The van der Waals surface area contributed by atoms with Crippen LogP contribution in [0, 0.1) is 5.92 Å². The molecule has 1 aromatic heterocycles. The Balaban J connectivity index is 2.66. The molecule has 1 atom stereocenters. The summed E-state index contributed by atoms with van der Waals surface area (Å²) in [5.41, 5.74) is 5.08. The van der Waals surface area contributed by atoms with Crippen LogP contribution in [0.1, 0.15) is 4.88 Å². The van der Waals surface area contributed by atoms with Crippen LogP contribution in [0.2, 0.25) is 0 Å². The molecule has 0 aromatic carbocycles. The number of halogens is 3. The summed E-state index contributed by atoms with van der Waals surface area (Å²) in [5, 5.41) is 12.7. The van der Waals surface area contributed by atoms with Crippen molar-refractivity contribution in [2.45, 2.75) is 12.7 Å². The van der Waals surface area contributed by atoms with E-state index < -0.39 is 17.9 Å². The van der Waals surface area contributed by atoms with E-state index >= 15 is 0 Å². The minimum Gasteiger partial charge on any atom is -0.409 e. The number of alkyl halides is 3. The largest absolute Gasteiger partial charge is 0.409 e. The van der Waals surface area contributed by atoms with E-state index in [9.17, 15) is 13.2 Å². The van der Waals surface area contributed by atoms with Gasteiger partial charge in [-0.15, -0.1) is 11.3 Å². The molecular weight excluding hydrogens is 267 g/mol. The molecule has 0 spiro atoms. The molecule has 0 amide bonds. The van der Waals surface area contributed by atoms with Gasteiger partial charge in [0.25, 0.3) is 0 Å². The van der Waals surface area contributed by atoms with Crippen LogP contribution in [0.3, 0.4) is 0 Å². The summed E-state index contributed by atoms with van der Waals surface area (Å²) >= 11 is 1.47. The number of hydrogen-bond acceptors (Lipinski definition) is 4. The molecule has 0 saturated carbocycles. The Labute approximate surface area is 107 Å². The van der Waals surface area contributed by atoms with Gasteiger partial charge in [-0.3, -0.25) is 0 Å². The van der Waals surface area contributed by atoms with Crippen LogP contribution in [0.5, 0.6) is 0 Å². The smallest absolute Gasteiger partial charge is 0.400 e. The minimum absolute atomic E-state index is 0.350. The summed E-state index contributed by atoms with van der Waals surface area (Å²) < 4.78 is 38.1. The maximum atomic E-state index is 12.7. The van der Waals surface area contributed by atoms with Crippen molar-refractivity contribution in [3.8, 4) is 0 Å². The Morgan fingerprint density at radius 2 is 2.28 bits per heavy atom. The van der Waals surface area contributed by atoms with Gasteiger partial charge >= 0.3 is 6.18 Å². The molecule has 0 bridgehead atoms. The second-order valence-electron chi connectivity index (χ2n) is 3.90. The van der Waals surface area contributed by atoms with Crippen molar-refractivity contribution in [1.82, 2.24) is 4.90 Å². The maximum Gasteiger partial charge on any atom is 0.400 e. The summed E-state index contributed by atoms with van der Waals surface area (Å²) in [5.74, 6) is -2.78. The number of amidine groups is 1. The third-order valence-corrected chi connectivity index (χ3v) is 3.23. The van der Waals surface area contributed by atoms with E-state index in [1.54, 1.807) is 7.05 Å². The highest BCUT2D eigenvalue weighted by molar-refractivity contribution is 7.09. The fourth-order valence-electron chi connectivity index (χ4n) is 1.48. The van der Waals surface area contributed by atoms with Gasteiger partial charge in [-0.1, -0.05) is 11.2 Å². The molecule has 3 N–H and O–H groups in total. The van der Waals surface area contributed by atoms with Crippen molar-refractivity contribution in [3.63, 3.8) is 0 Å². The second kappa shape index (κ2) is 6.05. The number of nitrogens with zero attached hydrogens (tertiary/aromatic N) is 2. The number of thiophene rings is 1. The molecule has 1 unspecified atom stereocenters. The maximum absolute atomic E-state index is 12.7. The first kappa shape index (κ1) is 14.8. The predicted molar refractivity (Wildman–Crippen MR) is 63.6 cm³/mol. The standard InChI is InChI=1S/C10H14F3N3OS/c1-16(5-7-3-2-4-18-7)6-8(9(14)15-17)10(11,12)13/h2-4,8,17H,5-6H2,1H3,(H2,14,15). The lowest BCUT2D eigenvalue weighted by Gasteiger charge is -2.24. The summed E-state index contributed by atoms with van der Waals surface area (Å²) in [6.07, 6.45) is -4.53. The molecule has 0 saturated heterocycles. The van der Waals surface area contributed by atoms with E-state index in [1.807, 2.05) is 17.5 Å². The highest BCUT2D eigenvalue weighted by atomic mass is 32.1. The lowest BCUT2D eigenvalue weighted by molar-refractivity contribution is -0.159. The first-order valence-electron chi connectivity index (χ1n) is 5.09. The van der Waals surface area contributed by atoms with Crippen LogP contribution in [0.25, 0.3) is 0 Å². The van der Waals surface area contributed by atoms with Crippen molar-refractivity contribution in [2.75, 3.05) is 13.6 Å².